The van der Waals surface area contributed by atoms with Crippen LogP contribution in [-0.2, 0) is 0 Å². The average Bonchev–Trinajstić information content (AvgIpc) is 2.60. The number of amides is 2. The van der Waals surface area contributed by atoms with Crippen molar-refractivity contribution >= 4 is 11.7 Å². The van der Waals surface area contributed by atoms with Crippen molar-refractivity contribution in [3.8, 4) is 11.5 Å². The highest BCUT2D eigenvalue weighted by Crippen LogP contribution is 2.30. The lowest BCUT2D eigenvalue weighted by Crippen LogP contribution is -2.32. The molecule has 0 saturated heterocycles. The molecule has 2 aromatic rings. The van der Waals surface area contributed by atoms with Crippen LogP contribution in [0.25, 0.3) is 0 Å². The minimum absolute atomic E-state index is 0.112. The van der Waals surface area contributed by atoms with Gasteiger partial charge in [0.1, 0.15) is 0 Å². The molecule has 2 N–H and O–H groups in total. The fourth-order valence-electron chi connectivity index (χ4n) is 2.34. The molecule has 0 aliphatic carbocycles. The van der Waals surface area contributed by atoms with Gasteiger partial charge in [0.25, 0.3) is 0 Å². The molecule has 0 saturated carbocycles. The van der Waals surface area contributed by atoms with Crippen molar-refractivity contribution in [1.82, 2.24) is 5.32 Å². The van der Waals surface area contributed by atoms with Crippen LogP contribution in [0.2, 0.25) is 0 Å². The summed E-state index contributed by atoms with van der Waals surface area (Å²) in [6, 6.07) is 14.6. The second-order valence-corrected chi connectivity index (χ2v) is 5.04. The van der Waals surface area contributed by atoms with Crippen LogP contribution >= 0.6 is 0 Å². The van der Waals surface area contributed by atoms with Crippen molar-refractivity contribution in [3.63, 3.8) is 0 Å². The summed E-state index contributed by atoms with van der Waals surface area (Å²) in [5.74, 6) is 1.31. The number of nitrogens with one attached hydrogen (secondary N) is 2. The highest BCUT2D eigenvalue weighted by molar-refractivity contribution is 5.89. The molecular weight excluding hydrogens is 292 g/mol. The van der Waals surface area contributed by atoms with Crippen LogP contribution in [0.5, 0.6) is 11.5 Å². The number of carbonyl (C=O) groups is 1. The Kier molecular flexibility index (Phi) is 5.86. The Labute approximate surface area is 136 Å². The lowest BCUT2D eigenvalue weighted by Gasteiger charge is -2.19. The summed E-state index contributed by atoms with van der Waals surface area (Å²) in [5.41, 5.74) is 1.72. The standard InChI is InChI=1S/C18H22N2O3/c1-4-15(13-10-11-16(22-2)17(12-13)23-3)20-18(21)19-14-8-6-5-7-9-14/h5-12,15H,4H2,1-3H3,(H2,19,20,21). The van der Waals surface area contributed by atoms with E-state index in [0.29, 0.717) is 11.5 Å². The maximum Gasteiger partial charge on any atom is 0.319 e. The van der Waals surface area contributed by atoms with Gasteiger partial charge in [-0.25, -0.2) is 4.79 Å². The summed E-state index contributed by atoms with van der Waals surface area (Å²) >= 11 is 0. The van der Waals surface area contributed by atoms with Crippen LogP contribution in [0.3, 0.4) is 0 Å². The molecule has 0 radical (unpaired) electrons. The van der Waals surface area contributed by atoms with Crippen molar-refractivity contribution in [3.05, 3.63) is 54.1 Å². The third kappa shape index (κ3) is 4.39. The first kappa shape index (κ1) is 16.7. The van der Waals surface area contributed by atoms with E-state index < -0.39 is 0 Å². The molecule has 0 heterocycles. The average molecular weight is 314 g/mol. The van der Waals surface area contributed by atoms with Gasteiger partial charge < -0.3 is 20.1 Å². The largest absolute Gasteiger partial charge is 0.493 e. The summed E-state index contributed by atoms with van der Waals surface area (Å²) in [4.78, 5) is 12.2. The summed E-state index contributed by atoms with van der Waals surface area (Å²) in [7, 11) is 3.19. The molecule has 122 valence electrons. The Morgan fingerprint density at radius 2 is 1.74 bits per heavy atom. The Morgan fingerprint density at radius 1 is 1.04 bits per heavy atom. The second-order valence-electron chi connectivity index (χ2n) is 5.04. The third-order valence-electron chi connectivity index (χ3n) is 3.56. The highest BCUT2D eigenvalue weighted by atomic mass is 16.5. The molecule has 1 atom stereocenters. The van der Waals surface area contributed by atoms with Crippen LogP contribution in [0.15, 0.2) is 48.5 Å². The SMILES string of the molecule is CCC(NC(=O)Nc1ccccc1)c1ccc(OC)c(OC)c1. The maximum absolute atomic E-state index is 12.2. The fraction of sp³-hybridized carbons (Fsp3) is 0.278. The Balaban J connectivity index is 2.09. The fourth-order valence-corrected chi connectivity index (χ4v) is 2.34. The first-order valence-electron chi connectivity index (χ1n) is 7.52. The summed E-state index contributed by atoms with van der Waals surface area (Å²) in [6.07, 6.45) is 0.762. The lowest BCUT2D eigenvalue weighted by molar-refractivity contribution is 0.248. The molecule has 2 rings (SSSR count). The number of methoxy groups -OCH3 is 2. The number of benzene rings is 2. The van der Waals surface area contributed by atoms with Gasteiger partial charge in [-0.05, 0) is 36.2 Å². The van der Waals surface area contributed by atoms with E-state index in [-0.39, 0.29) is 12.1 Å². The smallest absolute Gasteiger partial charge is 0.319 e. The van der Waals surface area contributed by atoms with Gasteiger partial charge in [0.2, 0.25) is 0 Å². The highest BCUT2D eigenvalue weighted by Gasteiger charge is 2.15. The monoisotopic (exact) mass is 314 g/mol. The van der Waals surface area contributed by atoms with Crippen molar-refractivity contribution in [2.45, 2.75) is 19.4 Å². The van der Waals surface area contributed by atoms with Gasteiger partial charge in [0.05, 0.1) is 20.3 Å². The van der Waals surface area contributed by atoms with Crippen LogP contribution in [0.1, 0.15) is 24.9 Å². The van der Waals surface area contributed by atoms with E-state index in [4.69, 9.17) is 9.47 Å². The number of rotatable bonds is 6. The van der Waals surface area contributed by atoms with Crippen molar-refractivity contribution in [2.75, 3.05) is 19.5 Å². The number of hydrogen-bond acceptors (Lipinski definition) is 3. The zero-order chi connectivity index (χ0) is 16.7. The first-order valence-corrected chi connectivity index (χ1v) is 7.52. The molecule has 0 aliphatic heterocycles. The summed E-state index contributed by atoms with van der Waals surface area (Å²) in [5, 5.41) is 5.80. The minimum atomic E-state index is -0.238. The van der Waals surface area contributed by atoms with Crippen molar-refractivity contribution < 1.29 is 14.3 Å². The molecule has 0 fully saturated rings. The number of para-hydroxylation sites is 1. The van der Waals surface area contributed by atoms with E-state index in [1.165, 1.54) is 0 Å². The molecule has 1 unspecified atom stereocenters. The Morgan fingerprint density at radius 3 is 2.35 bits per heavy atom. The van der Waals surface area contributed by atoms with E-state index in [9.17, 15) is 4.79 Å². The number of carbonyl (C=O) groups excluding carboxylic acids is 1. The van der Waals surface area contributed by atoms with Crippen LogP contribution in [0, 0.1) is 0 Å². The normalized spacial score (nSPS) is 11.4. The Hall–Kier alpha value is -2.69. The van der Waals surface area contributed by atoms with Crippen molar-refractivity contribution in [2.24, 2.45) is 0 Å². The van der Waals surface area contributed by atoms with Crippen molar-refractivity contribution in [1.29, 1.82) is 0 Å². The van der Waals surface area contributed by atoms with E-state index in [0.717, 1.165) is 17.7 Å². The molecule has 2 aromatic carbocycles. The van der Waals surface area contributed by atoms with E-state index in [1.807, 2.05) is 55.5 Å². The Bertz CT molecular complexity index is 644. The number of hydrogen-bond donors (Lipinski definition) is 2. The van der Waals surface area contributed by atoms with Gasteiger partial charge in [-0.1, -0.05) is 31.2 Å². The van der Waals surface area contributed by atoms with Gasteiger partial charge in [0, 0.05) is 5.69 Å². The molecule has 5 nitrogen and oxygen atoms in total. The second kappa shape index (κ2) is 8.08. The van der Waals surface area contributed by atoms with E-state index in [2.05, 4.69) is 10.6 Å². The quantitative estimate of drug-likeness (QED) is 0.848. The number of anilines is 1. The minimum Gasteiger partial charge on any atom is -0.493 e. The van der Waals surface area contributed by atoms with Gasteiger partial charge in [-0.3, -0.25) is 0 Å². The molecule has 0 bridgehead atoms. The zero-order valence-electron chi connectivity index (χ0n) is 13.6. The lowest BCUT2D eigenvalue weighted by atomic mass is 10.0. The van der Waals surface area contributed by atoms with E-state index >= 15 is 0 Å². The molecule has 5 heteroatoms. The molecule has 0 aromatic heterocycles. The van der Waals surface area contributed by atoms with Gasteiger partial charge in [-0.2, -0.15) is 0 Å². The van der Waals surface area contributed by atoms with Gasteiger partial charge in [0.15, 0.2) is 11.5 Å². The zero-order valence-corrected chi connectivity index (χ0v) is 13.6. The molecule has 0 spiro atoms. The molecule has 23 heavy (non-hydrogen) atoms. The van der Waals surface area contributed by atoms with E-state index in [1.54, 1.807) is 14.2 Å². The molecule has 0 aliphatic rings. The molecular formula is C18H22N2O3. The maximum atomic E-state index is 12.2. The summed E-state index contributed by atoms with van der Waals surface area (Å²) in [6.45, 7) is 2.02. The van der Waals surface area contributed by atoms with Crippen LogP contribution < -0.4 is 20.1 Å². The van der Waals surface area contributed by atoms with Crippen LogP contribution in [-0.4, -0.2) is 20.3 Å². The van der Waals surface area contributed by atoms with Gasteiger partial charge >= 0.3 is 6.03 Å². The predicted molar refractivity (Wildman–Crippen MR) is 91.2 cm³/mol. The molecule has 2 amide bonds. The predicted octanol–water partition coefficient (Wildman–Crippen LogP) is 3.98. The number of urea groups is 1. The van der Waals surface area contributed by atoms with Crippen LogP contribution in [0.4, 0.5) is 10.5 Å². The topological polar surface area (TPSA) is 59.6 Å². The number of ether oxygens (including phenoxy) is 2. The van der Waals surface area contributed by atoms with Gasteiger partial charge in [-0.15, -0.1) is 0 Å². The summed E-state index contributed by atoms with van der Waals surface area (Å²) < 4.78 is 10.6. The third-order valence-corrected chi connectivity index (χ3v) is 3.56. The first-order chi connectivity index (χ1) is 11.2.